The average molecular weight is 405 g/mol. The van der Waals surface area contributed by atoms with Gasteiger partial charge < -0.3 is 14.6 Å². The molecule has 1 aromatic heterocycles. The molecule has 1 aliphatic rings. The monoisotopic (exact) mass is 404 g/mol. The zero-order valence-electron chi connectivity index (χ0n) is 14.1. The molecule has 1 saturated heterocycles. The van der Waals surface area contributed by atoms with E-state index < -0.39 is 6.04 Å². The first-order chi connectivity index (χ1) is 12.0. The van der Waals surface area contributed by atoms with Gasteiger partial charge >= 0.3 is 0 Å². The van der Waals surface area contributed by atoms with E-state index in [2.05, 4.69) is 21.2 Å². The van der Waals surface area contributed by atoms with Gasteiger partial charge in [-0.2, -0.15) is 0 Å². The quantitative estimate of drug-likeness (QED) is 0.830. The van der Waals surface area contributed by atoms with Crippen molar-refractivity contribution in [2.45, 2.75) is 32.2 Å². The number of carbonyl (C=O) groups is 2. The normalized spacial score (nSPS) is 15.2. The molecule has 2 heterocycles. The van der Waals surface area contributed by atoms with Crippen molar-refractivity contribution < 1.29 is 14.0 Å². The topological polar surface area (TPSA) is 62.6 Å². The number of hydrogen-bond acceptors (Lipinski definition) is 3. The molecule has 2 amide bonds. The van der Waals surface area contributed by atoms with Gasteiger partial charge in [-0.1, -0.05) is 30.3 Å². The van der Waals surface area contributed by atoms with Crippen LogP contribution in [0.5, 0.6) is 0 Å². The van der Waals surface area contributed by atoms with Crippen molar-refractivity contribution >= 4 is 27.7 Å². The fraction of sp³-hybridized carbons (Fsp3) is 0.368. The van der Waals surface area contributed by atoms with Crippen LogP contribution in [0, 0.1) is 6.92 Å². The minimum atomic E-state index is -0.601. The van der Waals surface area contributed by atoms with Crippen LogP contribution in [0.4, 0.5) is 0 Å². The van der Waals surface area contributed by atoms with Crippen molar-refractivity contribution in [3.63, 3.8) is 0 Å². The molecule has 0 radical (unpaired) electrons. The van der Waals surface area contributed by atoms with Crippen LogP contribution in [0.3, 0.4) is 0 Å². The largest absolute Gasteiger partial charge is 0.444 e. The average Bonchev–Trinajstić information content (AvgIpc) is 3.24. The van der Waals surface area contributed by atoms with E-state index in [0.717, 1.165) is 37.1 Å². The number of benzene rings is 1. The van der Waals surface area contributed by atoms with Gasteiger partial charge in [0.15, 0.2) is 10.4 Å². The van der Waals surface area contributed by atoms with Crippen LogP contribution in [-0.4, -0.2) is 35.8 Å². The van der Waals surface area contributed by atoms with E-state index in [0.29, 0.717) is 11.1 Å². The fourth-order valence-electron chi connectivity index (χ4n) is 3.10. The number of furan rings is 1. The van der Waals surface area contributed by atoms with E-state index in [1.807, 2.05) is 35.2 Å². The van der Waals surface area contributed by atoms with Gasteiger partial charge in [-0.25, -0.2) is 0 Å². The second kappa shape index (κ2) is 7.87. The van der Waals surface area contributed by atoms with Crippen LogP contribution in [0.25, 0.3) is 0 Å². The van der Waals surface area contributed by atoms with E-state index in [-0.39, 0.29) is 17.6 Å². The Bertz CT molecular complexity index is 751. The Balaban J connectivity index is 1.78. The van der Waals surface area contributed by atoms with Gasteiger partial charge in [-0.15, -0.1) is 0 Å². The Morgan fingerprint density at radius 1 is 1.24 bits per heavy atom. The van der Waals surface area contributed by atoms with Crippen LogP contribution >= 0.6 is 15.9 Å². The molecule has 0 spiro atoms. The smallest absolute Gasteiger partial charge is 0.287 e. The lowest BCUT2D eigenvalue weighted by Gasteiger charge is -2.24. The summed E-state index contributed by atoms with van der Waals surface area (Å²) in [5.41, 5.74) is 1.74. The first-order valence-corrected chi connectivity index (χ1v) is 9.23. The molecule has 1 aliphatic heterocycles. The highest BCUT2D eigenvalue weighted by molar-refractivity contribution is 9.10. The van der Waals surface area contributed by atoms with Gasteiger partial charge in [-0.3, -0.25) is 9.59 Å². The van der Waals surface area contributed by atoms with E-state index >= 15 is 0 Å². The molecule has 6 heteroatoms. The molecule has 1 fully saturated rings. The third-order valence-corrected chi connectivity index (χ3v) is 4.79. The standard InChI is InChI=1S/C19H21BrN2O3/c1-13-11-16(20)25-17(13)18(23)21-15(12-14-7-3-2-4-8-14)19(24)22-9-5-6-10-22/h2-4,7-8,11,15H,5-6,9-10,12H2,1H3,(H,21,23). The molecule has 2 aromatic rings. The SMILES string of the molecule is Cc1cc(Br)oc1C(=O)NC(Cc1ccccc1)C(=O)N1CCCC1. The second-order valence-corrected chi connectivity index (χ2v) is 7.09. The minimum Gasteiger partial charge on any atom is -0.444 e. The molecule has 1 unspecified atom stereocenters. The van der Waals surface area contributed by atoms with Gasteiger partial charge in [0.05, 0.1) is 0 Å². The molecule has 1 atom stereocenters. The molecule has 1 N–H and O–H groups in total. The predicted molar refractivity (Wildman–Crippen MR) is 98.4 cm³/mol. The number of hydrogen-bond donors (Lipinski definition) is 1. The van der Waals surface area contributed by atoms with Crippen molar-refractivity contribution in [1.29, 1.82) is 0 Å². The zero-order chi connectivity index (χ0) is 17.8. The summed E-state index contributed by atoms with van der Waals surface area (Å²) in [6.07, 6.45) is 2.49. The summed E-state index contributed by atoms with van der Waals surface area (Å²) in [7, 11) is 0. The number of amides is 2. The molecule has 0 bridgehead atoms. The van der Waals surface area contributed by atoms with Crippen LogP contribution < -0.4 is 5.32 Å². The van der Waals surface area contributed by atoms with Crippen molar-refractivity contribution in [2.24, 2.45) is 0 Å². The summed E-state index contributed by atoms with van der Waals surface area (Å²) < 4.78 is 5.91. The highest BCUT2D eigenvalue weighted by Gasteiger charge is 2.29. The first-order valence-electron chi connectivity index (χ1n) is 8.44. The minimum absolute atomic E-state index is 0.0297. The summed E-state index contributed by atoms with van der Waals surface area (Å²) >= 11 is 3.23. The molecular weight excluding hydrogens is 384 g/mol. The van der Waals surface area contributed by atoms with Gasteiger partial charge in [0.25, 0.3) is 5.91 Å². The van der Waals surface area contributed by atoms with E-state index in [9.17, 15) is 9.59 Å². The van der Waals surface area contributed by atoms with Crippen molar-refractivity contribution in [1.82, 2.24) is 10.2 Å². The van der Waals surface area contributed by atoms with Crippen molar-refractivity contribution in [3.8, 4) is 0 Å². The molecule has 0 saturated carbocycles. The molecule has 1 aromatic carbocycles. The summed E-state index contributed by atoms with van der Waals surface area (Å²) in [4.78, 5) is 27.3. The lowest BCUT2D eigenvalue weighted by Crippen LogP contribution is -2.49. The maximum absolute atomic E-state index is 12.9. The van der Waals surface area contributed by atoms with Crippen LogP contribution in [0.1, 0.15) is 34.5 Å². The third-order valence-electron chi connectivity index (χ3n) is 4.40. The summed E-state index contributed by atoms with van der Waals surface area (Å²) in [6, 6.07) is 10.9. The predicted octanol–water partition coefficient (Wildman–Crippen LogP) is 3.31. The lowest BCUT2D eigenvalue weighted by molar-refractivity contribution is -0.132. The Kier molecular flexibility index (Phi) is 5.58. The number of halogens is 1. The number of rotatable bonds is 5. The highest BCUT2D eigenvalue weighted by Crippen LogP contribution is 2.20. The Labute approximate surface area is 155 Å². The van der Waals surface area contributed by atoms with Crippen LogP contribution in [0.15, 0.2) is 45.5 Å². The van der Waals surface area contributed by atoms with Crippen molar-refractivity contribution in [2.75, 3.05) is 13.1 Å². The summed E-state index contributed by atoms with van der Waals surface area (Å²) in [5, 5.41) is 2.87. The molecule has 5 nitrogen and oxygen atoms in total. The number of nitrogens with one attached hydrogen (secondary N) is 1. The molecule has 25 heavy (non-hydrogen) atoms. The Morgan fingerprint density at radius 3 is 2.52 bits per heavy atom. The zero-order valence-corrected chi connectivity index (χ0v) is 15.7. The Morgan fingerprint density at radius 2 is 1.92 bits per heavy atom. The van der Waals surface area contributed by atoms with Gasteiger partial charge in [0, 0.05) is 25.1 Å². The summed E-state index contributed by atoms with van der Waals surface area (Å²) in [6.45, 7) is 3.31. The fourth-order valence-corrected chi connectivity index (χ4v) is 3.61. The van der Waals surface area contributed by atoms with Gasteiger partial charge in [-0.05, 0) is 47.3 Å². The lowest BCUT2D eigenvalue weighted by atomic mass is 10.0. The third kappa shape index (κ3) is 4.31. The number of carbonyl (C=O) groups excluding carboxylic acids is 2. The van der Waals surface area contributed by atoms with Crippen LogP contribution in [-0.2, 0) is 11.2 Å². The molecule has 132 valence electrons. The van der Waals surface area contributed by atoms with Crippen LogP contribution in [0.2, 0.25) is 0 Å². The Hall–Kier alpha value is -2.08. The maximum atomic E-state index is 12.9. The van der Waals surface area contributed by atoms with Gasteiger partial charge in [0.1, 0.15) is 6.04 Å². The first kappa shape index (κ1) is 17.7. The molecular formula is C19H21BrN2O3. The van der Waals surface area contributed by atoms with Gasteiger partial charge in [0.2, 0.25) is 5.91 Å². The highest BCUT2D eigenvalue weighted by atomic mass is 79.9. The van der Waals surface area contributed by atoms with E-state index in [1.165, 1.54) is 0 Å². The number of aryl methyl sites for hydroxylation is 1. The van der Waals surface area contributed by atoms with E-state index in [1.54, 1.807) is 13.0 Å². The molecule has 3 rings (SSSR count). The number of likely N-dealkylation sites (tertiary alicyclic amines) is 1. The van der Waals surface area contributed by atoms with E-state index in [4.69, 9.17) is 4.42 Å². The van der Waals surface area contributed by atoms with Crippen molar-refractivity contribution in [3.05, 3.63) is 58.0 Å². The molecule has 0 aliphatic carbocycles. The second-order valence-electron chi connectivity index (χ2n) is 6.31. The maximum Gasteiger partial charge on any atom is 0.287 e. The number of nitrogens with zero attached hydrogens (tertiary/aromatic N) is 1. The summed E-state index contributed by atoms with van der Waals surface area (Å²) in [5.74, 6) is -0.159.